The van der Waals surface area contributed by atoms with Crippen molar-refractivity contribution >= 4 is 11.8 Å². The highest BCUT2D eigenvalue weighted by Gasteiger charge is 2.31. The van der Waals surface area contributed by atoms with Gasteiger partial charge in [-0.3, -0.25) is 14.5 Å². The third kappa shape index (κ3) is 6.00. The topological polar surface area (TPSA) is 75.4 Å². The van der Waals surface area contributed by atoms with Crippen molar-refractivity contribution in [2.75, 3.05) is 19.6 Å². The zero-order valence-corrected chi connectivity index (χ0v) is 14.2. The zero-order valence-electron chi connectivity index (χ0n) is 14.2. The molecule has 1 aliphatic carbocycles. The Kier molecular flexibility index (Phi) is 7.40. The van der Waals surface area contributed by atoms with E-state index in [0.29, 0.717) is 31.8 Å². The first-order valence-electron chi connectivity index (χ1n) is 9.05. The molecule has 1 saturated heterocycles. The number of hydrogen-bond acceptors (Lipinski definition) is 3. The van der Waals surface area contributed by atoms with Crippen molar-refractivity contribution in [2.45, 2.75) is 63.8 Å². The molecule has 7 heteroatoms. The van der Waals surface area contributed by atoms with Crippen LogP contribution < -0.4 is 11.1 Å². The molecule has 5 nitrogen and oxygen atoms in total. The number of alkyl halides is 2. The highest BCUT2D eigenvalue weighted by atomic mass is 19.3. The van der Waals surface area contributed by atoms with Gasteiger partial charge in [0.25, 0.3) is 6.43 Å². The Morgan fingerprint density at radius 3 is 2.25 bits per heavy atom. The van der Waals surface area contributed by atoms with Crippen LogP contribution in [-0.2, 0) is 9.59 Å². The van der Waals surface area contributed by atoms with Crippen LogP contribution >= 0.6 is 0 Å². The van der Waals surface area contributed by atoms with Gasteiger partial charge in [-0.1, -0.05) is 19.3 Å². The van der Waals surface area contributed by atoms with Crippen molar-refractivity contribution in [3.63, 3.8) is 0 Å². The van der Waals surface area contributed by atoms with Crippen molar-refractivity contribution in [3.05, 3.63) is 0 Å². The average molecular weight is 345 g/mol. The number of halogens is 2. The van der Waals surface area contributed by atoms with E-state index in [1.165, 1.54) is 6.42 Å². The first-order chi connectivity index (χ1) is 11.5. The molecule has 0 aromatic carbocycles. The van der Waals surface area contributed by atoms with Crippen LogP contribution in [0.15, 0.2) is 0 Å². The van der Waals surface area contributed by atoms with Crippen molar-refractivity contribution in [3.8, 4) is 0 Å². The average Bonchev–Trinajstić information content (AvgIpc) is 2.54. The Labute approximate surface area is 142 Å². The van der Waals surface area contributed by atoms with Gasteiger partial charge in [-0.2, -0.15) is 0 Å². The molecule has 2 aliphatic rings. The summed E-state index contributed by atoms with van der Waals surface area (Å²) in [5.74, 6) is -0.284. The van der Waals surface area contributed by atoms with E-state index in [4.69, 9.17) is 5.73 Å². The number of nitrogens with two attached hydrogens (primary N) is 1. The van der Waals surface area contributed by atoms with Crippen LogP contribution in [0.4, 0.5) is 8.78 Å². The first kappa shape index (κ1) is 19.1. The largest absolute Gasteiger partial charge is 0.370 e. The van der Waals surface area contributed by atoms with Gasteiger partial charge in [0.15, 0.2) is 0 Å². The first-order valence-corrected chi connectivity index (χ1v) is 9.05. The monoisotopic (exact) mass is 345 g/mol. The number of primary amides is 1. The lowest BCUT2D eigenvalue weighted by atomic mass is 9.82. The summed E-state index contributed by atoms with van der Waals surface area (Å²) in [4.78, 5) is 25.6. The lowest BCUT2D eigenvalue weighted by molar-refractivity contribution is -0.128. The molecular formula is C17H29F2N3O2. The molecule has 0 aromatic heterocycles. The summed E-state index contributed by atoms with van der Waals surface area (Å²) in [7, 11) is 0. The van der Waals surface area contributed by atoms with Crippen LogP contribution in [0, 0.1) is 11.8 Å². The molecule has 2 amide bonds. The molecule has 0 bridgehead atoms. The summed E-state index contributed by atoms with van der Waals surface area (Å²) in [6.45, 7) is 0.819. The molecule has 0 aromatic rings. The minimum absolute atomic E-state index is 0.0523. The van der Waals surface area contributed by atoms with Crippen molar-refractivity contribution in [1.82, 2.24) is 10.2 Å². The molecule has 24 heavy (non-hydrogen) atoms. The molecule has 1 heterocycles. The third-order valence-corrected chi connectivity index (χ3v) is 5.32. The molecule has 2 rings (SSSR count). The number of rotatable bonds is 7. The van der Waals surface area contributed by atoms with Crippen LogP contribution in [-0.4, -0.2) is 48.8 Å². The molecule has 138 valence electrons. The predicted octanol–water partition coefficient (Wildman–Crippen LogP) is 1.90. The smallest absolute Gasteiger partial charge is 0.251 e. The number of carbonyl (C=O) groups excluding carboxylic acids is 2. The van der Waals surface area contributed by atoms with Gasteiger partial charge in [0.1, 0.15) is 0 Å². The van der Waals surface area contributed by atoms with E-state index in [1.54, 1.807) is 4.90 Å². The second-order valence-electron chi connectivity index (χ2n) is 7.15. The highest BCUT2D eigenvalue weighted by Crippen LogP contribution is 2.28. The van der Waals surface area contributed by atoms with Gasteiger partial charge >= 0.3 is 0 Å². The molecular weight excluding hydrogens is 316 g/mol. The quantitative estimate of drug-likeness (QED) is 0.740. The molecule has 2 fully saturated rings. The fraction of sp³-hybridized carbons (Fsp3) is 0.882. The molecule has 1 saturated carbocycles. The van der Waals surface area contributed by atoms with Gasteiger partial charge in [0.05, 0.1) is 6.54 Å². The number of piperidine rings is 1. The summed E-state index contributed by atoms with van der Waals surface area (Å²) in [5, 5.41) is 3.04. The zero-order chi connectivity index (χ0) is 17.5. The summed E-state index contributed by atoms with van der Waals surface area (Å²) < 4.78 is 24.8. The van der Waals surface area contributed by atoms with Crippen LogP contribution in [0.1, 0.15) is 51.4 Å². The lowest BCUT2D eigenvalue weighted by Crippen LogP contribution is -2.48. The van der Waals surface area contributed by atoms with Crippen molar-refractivity contribution < 1.29 is 18.4 Å². The van der Waals surface area contributed by atoms with Gasteiger partial charge in [-0.25, -0.2) is 8.78 Å². The summed E-state index contributed by atoms with van der Waals surface area (Å²) in [6.07, 6.45) is 4.53. The van der Waals surface area contributed by atoms with Gasteiger partial charge in [-0.15, -0.1) is 0 Å². The lowest BCUT2D eigenvalue weighted by Gasteiger charge is -2.34. The predicted molar refractivity (Wildman–Crippen MR) is 87.5 cm³/mol. The number of nitrogens with one attached hydrogen (secondary N) is 1. The van der Waals surface area contributed by atoms with Crippen LogP contribution in [0.2, 0.25) is 0 Å². The van der Waals surface area contributed by atoms with Gasteiger partial charge < -0.3 is 11.1 Å². The Bertz CT molecular complexity index is 420. The second-order valence-corrected chi connectivity index (χ2v) is 7.15. The third-order valence-electron chi connectivity index (χ3n) is 5.32. The second kappa shape index (κ2) is 9.30. The van der Waals surface area contributed by atoms with E-state index in [0.717, 1.165) is 25.7 Å². The molecule has 0 unspecified atom stereocenters. The van der Waals surface area contributed by atoms with E-state index >= 15 is 0 Å². The number of carbonyl (C=O) groups is 2. The summed E-state index contributed by atoms with van der Waals surface area (Å²) in [6, 6.07) is -0.186. The van der Waals surface area contributed by atoms with Crippen LogP contribution in [0.5, 0.6) is 0 Å². The van der Waals surface area contributed by atoms with E-state index in [2.05, 4.69) is 5.32 Å². The molecule has 1 aliphatic heterocycles. The Hall–Kier alpha value is -1.24. The van der Waals surface area contributed by atoms with Crippen molar-refractivity contribution in [2.24, 2.45) is 17.6 Å². The van der Waals surface area contributed by atoms with E-state index in [-0.39, 0.29) is 30.8 Å². The SMILES string of the molecule is NC(=O)C[C@@H](NC(=O)C1CCN(CC(F)F)CC1)C1CCCCC1. The Morgan fingerprint density at radius 2 is 1.71 bits per heavy atom. The van der Waals surface area contributed by atoms with Crippen molar-refractivity contribution in [1.29, 1.82) is 0 Å². The number of nitrogens with zero attached hydrogens (tertiary/aromatic N) is 1. The summed E-state index contributed by atoms with van der Waals surface area (Å²) in [5.41, 5.74) is 5.35. The minimum atomic E-state index is -2.33. The number of hydrogen-bond donors (Lipinski definition) is 2. The highest BCUT2D eigenvalue weighted by molar-refractivity contribution is 5.80. The number of likely N-dealkylation sites (tertiary alicyclic amines) is 1. The molecule has 0 spiro atoms. The normalized spacial score (nSPS) is 22.5. The van der Waals surface area contributed by atoms with E-state index in [9.17, 15) is 18.4 Å². The maximum Gasteiger partial charge on any atom is 0.251 e. The van der Waals surface area contributed by atoms with Crippen LogP contribution in [0.25, 0.3) is 0 Å². The molecule has 1 atom stereocenters. The molecule has 0 radical (unpaired) electrons. The summed E-state index contributed by atoms with van der Waals surface area (Å²) >= 11 is 0. The van der Waals surface area contributed by atoms with Crippen LogP contribution in [0.3, 0.4) is 0 Å². The fourth-order valence-electron chi connectivity index (χ4n) is 3.96. The fourth-order valence-corrected chi connectivity index (χ4v) is 3.96. The number of amides is 2. The maximum absolute atomic E-state index is 12.5. The Balaban J connectivity index is 1.84. The van der Waals surface area contributed by atoms with Gasteiger partial charge in [-0.05, 0) is 44.7 Å². The van der Waals surface area contributed by atoms with E-state index < -0.39 is 12.3 Å². The minimum Gasteiger partial charge on any atom is -0.370 e. The standard InChI is InChI=1S/C17H29F2N3O2/c18-15(19)11-22-8-6-13(7-9-22)17(24)21-14(10-16(20)23)12-4-2-1-3-5-12/h12-15H,1-11H2,(H2,20,23)(H,21,24)/t14-/m1/s1. The van der Waals surface area contributed by atoms with Gasteiger partial charge in [0.2, 0.25) is 11.8 Å². The molecule has 3 N–H and O–H groups in total. The maximum atomic E-state index is 12.5. The van der Waals surface area contributed by atoms with Gasteiger partial charge in [0, 0.05) is 18.4 Å². The Morgan fingerprint density at radius 1 is 1.08 bits per heavy atom. The van der Waals surface area contributed by atoms with E-state index in [1.807, 2.05) is 0 Å².